The van der Waals surface area contributed by atoms with Gasteiger partial charge in [-0.15, -0.1) is 0 Å². The SMILES string of the molecule is CC(C)(C)OC(=O)N[C@@H](Cc1cn(C(c2ccccc2)(c2ccccc2)c2ccccc2)cn1)C(=O)NC(C)(C)C(=O)OCc1ccccc1. The molecule has 1 heterocycles. The number of aromatic nitrogens is 2. The van der Waals surface area contributed by atoms with Gasteiger partial charge in [0.15, 0.2) is 0 Å². The Morgan fingerprint density at radius 2 is 1.20 bits per heavy atom. The maximum Gasteiger partial charge on any atom is 0.408 e. The molecule has 0 fully saturated rings. The van der Waals surface area contributed by atoms with Gasteiger partial charge in [0.2, 0.25) is 5.91 Å². The third-order valence-corrected chi connectivity index (χ3v) is 8.18. The molecule has 0 spiro atoms. The summed E-state index contributed by atoms with van der Waals surface area (Å²) >= 11 is 0. The maximum atomic E-state index is 13.9. The minimum Gasteiger partial charge on any atom is -0.459 e. The van der Waals surface area contributed by atoms with Crippen LogP contribution in [0.2, 0.25) is 0 Å². The molecule has 0 unspecified atom stereocenters. The Kier molecular flexibility index (Phi) is 10.9. The Bertz CT molecular complexity index is 1770. The summed E-state index contributed by atoms with van der Waals surface area (Å²) in [6.45, 7) is 8.40. The van der Waals surface area contributed by atoms with Gasteiger partial charge in [-0.25, -0.2) is 14.6 Å². The smallest absolute Gasteiger partial charge is 0.408 e. The second-order valence-corrected chi connectivity index (χ2v) is 13.7. The molecule has 50 heavy (non-hydrogen) atoms. The van der Waals surface area contributed by atoms with Crippen molar-refractivity contribution in [3.63, 3.8) is 0 Å². The van der Waals surface area contributed by atoms with E-state index in [-0.39, 0.29) is 13.0 Å². The molecule has 0 radical (unpaired) electrons. The van der Waals surface area contributed by atoms with E-state index in [0.717, 1.165) is 22.3 Å². The topological polar surface area (TPSA) is 112 Å². The summed E-state index contributed by atoms with van der Waals surface area (Å²) in [5.41, 5.74) is 1.39. The number of esters is 1. The van der Waals surface area contributed by atoms with E-state index in [0.29, 0.717) is 5.69 Å². The molecule has 0 saturated heterocycles. The molecule has 5 aromatic rings. The average Bonchev–Trinajstić information content (AvgIpc) is 3.56. The van der Waals surface area contributed by atoms with Crippen LogP contribution in [0.3, 0.4) is 0 Å². The normalized spacial score (nSPS) is 12.4. The zero-order chi connectivity index (χ0) is 35.8. The largest absolute Gasteiger partial charge is 0.459 e. The van der Waals surface area contributed by atoms with Crippen LogP contribution >= 0.6 is 0 Å². The van der Waals surface area contributed by atoms with Crippen LogP contribution in [-0.4, -0.2) is 44.7 Å². The first-order valence-electron chi connectivity index (χ1n) is 16.6. The van der Waals surface area contributed by atoms with Gasteiger partial charge in [-0.2, -0.15) is 0 Å². The molecule has 4 aromatic carbocycles. The van der Waals surface area contributed by atoms with Gasteiger partial charge in [0.05, 0.1) is 12.0 Å². The van der Waals surface area contributed by atoms with E-state index in [1.807, 2.05) is 95.7 Å². The average molecular weight is 673 g/mol. The second kappa shape index (κ2) is 15.2. The lowest BCUT2D eigenvalue weighted by molar-refractivity contribution is -0.153. The number of carbonyl (C=O) groups excluding carboxylic acids is 3. The first kappa shape index (κ1) is 35.6. The molecule has 0 aliphatic carbocycles. The summed E-state index contributed by atoms with van der Waals surface area (Å²) in [5, 5.41) is 5.49. The van der Waals surface area contributed by atoms with Crippen molar-refractivity contribution in [2.75, 3.05) is 0 Å². The Morgan fingerprint density at radius 3 is 1.68 bits per heavy atom. The van der Waals surface area contributed by atoms with Crippen molar-refractivity contribution in [1.29, 1.82) is 0 Å². The quantitative estimate of drug-likeness (QED) is 0.111. The van der Waals surface area contributed by atoms with Crippen LogP contribution in [0, 0.1) is 0 Å². The fourth-order valence-corrected chi connectivity index (χ4v) is 5.86. The number of hydrogen-bond acceptors (Lipinski definition) is 6. The van der Waals surface area contributed by atoms with Crippen LogP contribution in [0.15, 0.2) is 134 Å². The standard InChI is InChI=1S/C41H44N4O5/c1-39(2,3)50-38(48)43-35(36(46)44-40(4,5)37(47)49-28-30-18-10-6-11-19-30)26-34-27-45(29-42-34)41(31-20-12-7-13-21-31,32-22-14-8-15-23-32)33-24-16-9-17-25-33/h6-25,27,29,35H,26,28H2,1-5H3,(H,43,48)(H,44,46)/t35-/m0/s1. The van der Waals surface area contributed by atoms with Gasteiger partial charge in [0, 0.05) is 12.6 Å². The van der Waals surface area contributed by atoms with Crippen LogP contribution in [0.4, 0.5) is 4.79 Å². The van der Waals surface area contributed by atoms with Crippen molar-refractivity contribution in [2.45, 2.75) is 70.4 Å². The van der Waals surface area contributed by atoms with Crippen LogP contribution in [0.5, 0.6) is 0 Å². The highest BCUT2D eigenvalue weighted by Crippen LogP contribution is 2.40. The molecule has 0 aliphatic rings. The fourth-order valence-electron chi connectivity index (χ4n) is 5.86. The van der Waals surface area contributed by atoms with E-state index in [4.69, 9.17) is 14.5 Å². The summed E-state index contributed by atoms with van der Waals surface area (Å²) in [7, 11) is 0. The molecule has 1 aromatic heterocycles. The first-order chi connectivity index (χ1) is 23.9. The Balaban J connectivity index is 1.47. The third-order valence-electron chi connectivity index (χ3n) is 8.18. The van der Waals surface area contributed by atoms with E-state index < -0.39 is 40.7 Å². The van der Waals surface area contributed by atoms with Gasteiger partial charge in [-0.3, -0.25) is 4.79 Å². The van der Waals surface area contributed by atoms with Crippen molar-refractivity contribution in [1.82, 2.24) is 20.2 Å². The Morgan fingerprint density at radius 1 is 0.720 bits per heavy atom. The molecule has 0 bridgehead atoms. The van der Waals surface area contributed by atoms with E-state index in [9.17, 15) is 14.4 Å². The van der Waals surface area contributed by atoms with Crippen molar-refractivity contribution in [2.24, 2.45) is 0 Å². The maximum absolute atomic E-state index is 13.9. The minimum absolute atomic E-state index is 0.0155. The number of ether oxygens (including phenoxy) is 2. The molecule has 0 saturated carbocycles. The lowest BCUT2D eigenvalue weighted by Gasteiger charge is -2.37. The monoisotopic (exact) mass is 672 g/mol. The molecule has 0 aliphatic heterocycles. The van der Waals surface area contributed by atoms with Gasteiger partial charge in [0.1, 0.15) is 29.3 Å². The number of hydrogen-bond donors (Lipinski definition) is 2. The number of nitrogens with one attached hydrogen (secondary N) is 2. The van der Waals surface area contributed by atoms with Crippen LogP contribution in [-0.2, 0) is 37.6 Å². The second-order valence-electron chi connectivity index (χ2n) is 13.7. The summed E-state index contributed by atoms with van der Waals surface area (Å²) in [4.78, 5) is 44.8. The lowest BCUT2D eigenvalue weighted by Crippen LogP contribution is -2.57. The van der Waals surface area contributed by atoms with Crippen LogP contribution in [0.25, 0.3) is 0 Å². The fraction of sp³-hybridized carbons (Fsp3) is 0.268. The third kappa shape index (κ3) is 8.47. The summed E-state index contributed by atoms with van der Waals surface area (Å²) in [6, 6.07) is 38.6. The summed E-state index contributed by atoms with van der Waals surface area (Å²) < 4.78 is 13.1. The van der Waals surface area contributed by atoms with E-state index >= 15 is 0 Å². The number of nitrogens with zero attached hydrogens (tertiary/aromatic N) is 2. The van der Waals surface area contributed by atoms with Crippen molar-refractivity contribution < 1.29 is 23.9 Å². The number of rotatable bonds is 12. The Labute approximate surface area is 293 Å². The van der Waals surface area contributed by atoms with Crippen molar-refractivity contribution in [3.8, 4) is 0 Å². The van der Waals surface area contributed by atoms with Crippen molar-refractivity contribution in [3.05, 3.63) is 162 Å². The molecule has 5 rings (SSSR count). The number of alkyl carbamates (subject to hydrolysis) is 1. The van der Waals surface area contributed by atoms with Gasteiger partial charge in [0.25, 0.3) is 0 Å². The van der Waals surface area contributed by atoms with Gasteiger partial charge >= 0.3 is 12.1 Å². The van der Waals surface area contributed by atoms with E-state index in [1.165, 1.54) is 0 Å². The van der Waals surface area contributed by atoms with E-state index in [1.54, 1.807) is 40.9 Å². The molecule has 2 N–H and O–H groups in total. The molecule has 2 amide bonds. The molecular weight excluding hydrogens is 628 g/mol. The summed E-state index contributed by atoms with van der Waals surface area (Å²) in [6.07, 6.45) is 2.88. The van der Waals surface area contributed by atoms with E-state index in [2.05, 4.69) is 47.0 Å². The highest BCUT2D eigenvalue weighted by atomic mass is 16.6. The molecule has 1 atom stereocenters. The molecule has 9 nitrogen and oxygen atoms in total. The lowest BCUT2D eigenvalue weighted by atomic mass is 9.77. The molecular formula is C41H44N4O5. The highest BCUT2D eigenvalue weighted by Gasteiger charge is 2.39. The van der Waals surface area contributed by atoms with Gasteiger partial charge in [-0.1, -0.05) is 121 Å². The van der Waals surface area contributed by atoms with Gasteiger partial charge in [-0.05, 0) is 56.9 Å². The predicted molar refractivity (Wildman–Crippen MR) is 192 cm³/mol. The van der Waals surface area contributed by atoms with Crippen molar-refractivity contribution >= 4 is 18.0 Å². The zero-order valence-corrected chi connectivity index (χ0v) is 29.1. The van der Waals surface area contributed by atoms with Crippen LogP contribution < -0.4 is 10.6 Å². The summed E-state index contributed by atoms with van der Waals surface area (Å²) in [5.74, 6) is -1.21. The van der Waals surface area contributed by atoms with Crippen LogP contribution in [0.1, 0.15) is 62.6 Å². The highest BCUT2D eigenvalue weighted by molar-refractivity contribution is 5.91. The zero-order valence-electron chi connectivity index (χ0n) is 29.1. The van der Waals surface area contributed by atoms with Gasteiger partial charge < -0.3 is 24.7 Å². The number of benzene rings is 4. The molecule has 9 heteroatoms. The number of carbonyl (C=O) groups is 3. The first-order valence-corrected chi connectivity index (χ1v) is 16.6. The predicted octanol–water partition coefficient (Wildman–Crippen LogP) is 6.80. The molecule has 258 valence electrons. The minimum atomic E-state index is -1.40. The Hall–Kier alpha value is -5.70. The number of imidazole rings is 1. The number of amides is 2.